The molecule has 0 radical (unpaired) electrons. The van der Waals surface area contributed by atoms with Gasteiger partial charge in [0.25, 0.3) is 15.7 Å². The van der Waals surface area contributed by atoms with Crippen LogP contribution in [-0.2, 0) is 21.3 Å². The third-order valence-corrected chi connectivity index (χ3v) is 7.16. The molecule has 3 aromatic carbocycles. The molecule has 0 bridgehead atoms. The van der Waals surface area contributed by atoms with Crippen LogP contribution in [0.3, 0.4) is 0 Å². The van der Waals surface area contributed by atoms with Crippen LogP contribution < -0.4 is 15.6 Å². The number of amides is 1. The van der Waals surface area contributed by atoms with Crippen molar-refractivity contribution in [2.75, 3.05) is 12.4 Å². The summed E-state index contributed by atoms with van der Waals surface area (Å²) in [4.78, 5) is 38.9. The van der Waals surface area contributed by atoms with Gasteiger partial charge in [-0.05, 0) is 60.5 Å². The van der Waals surface area contributed by atoms with Crippen LogP contribution in [0.5, 0.6) is 5.88 Å². The van der Waals surface area contributed by atoms with Gasteiger partial charge in [0.1, 0.15) is 6.04 Å². The van der Waals surface area contributed by atoms with Crippen molar-refractivity contribution in [1.29, 1.82) is 0 Å². The average Bonchev–Trinajstić information content (AvgIpc) is 2.92. The summed E-state index contributed by atoms with van der Waals surface area (Å²) in [7, 11) is -3.06. The summed E-state index contributed by atoms with van der Waals surface area (Å²) in [6, 6.07) is 18.6. The first-order valence-corrected chi connectivity index (χ1v) is 13.7. The van der Waals surface area contributed by atoms with Gasteiger partial charge in [-0.25, -0.2) is 4.68 Å². The van der Waals surface area contributed by atoms with Crippen LogP contribution >= 0.6 is 11.6 Å². The zero-order valence-corrected chi connectivity index (χ0v) is 22.9. The second kappa shape index (κ2) is 11.8. The van der Waals surface area contributed by atoms with Crippen molar-refractivity contribution in [3.63, 3.8) is 0 Å². The number of nitrogens with zero attached hydrogens (tertiary/aromatic N) is 2. The van der Waals surface area contributed by atoms with E-state index in [2.05, 4.69) is 10.4 Å². The van der Waals surface area contributed by atoms with E-state index < -0.39 is 27.6 Å². The standard InChI is InChI=1S/C28H24ClN3O7S/c1-17(33)22-13-8-19(29)15-23(22)24-16-26(34)32(31-28(24)39-2)25(14-18-6-4-3-5-7-18)27(35)30-20-9-11-21(12-10-20)40(36,37)38/h3-13,15-16,25H,14H2,1-2H3,(H,30,35)(H,36,37,38). The fourth-order valence-corrected chi connectivity index (χ4v) is 4.78. The van der Waals surface area contributed by atoms with Gasteiger partial charge in [-0.3, -0.25) is 18.9 Å². The van der Waals surface area contributed by atoms with Crippen LogP contribution in [0, 0.1) is 0 Å². The lowest BCUT2D eigenvalue weighted by molar-refractivity contribution is -0.119. The molecule has 2 N–H and O–H groups in total. The Morgan fingerprint density at radius 1 is 1.02 bits per heavy atom. The average molecular weight is 582 g/mol. The van der Waals surface area contributed by atoms with Crippen LogP contribution in [0.25, 0.3) is 11.1 Å². The highest BCUT2D eigenvalue weighted by Crippen LogP contribution is 2.32. The maximum Gasteiger partial charge on any atom is 0.294 e. The van der Waals surface area contributed by atoms with Crippen LogP contribution in [0.15, 0.2) is 88.6 Å². The Labute approximate surface area is 234 Å². The lowest BCUT2D eigenvalue weighted by atomic mass is 9.98. The molecular formula is C28H24ClN3O7S. The number of hydrogen-bond acceptors (Lipinski definition) is 7. The molecule has 0 spiro atoms. The zero-order valence-electron chi connectivity index (χ0n) is 21.4. The Morgan fingerprint density at radius 2 is 1.70 bits per heavy atom. The van der Waals surface area contributed by atoms with Crippen molar-refractivity contribution >= 4 is 39.1 Å². The Hall–Kier alpha value is -4.32. The topological polar surface area (TPSA) is 145 Å². The van der Waals surface area contributed by atoms with Gasteiger partial charge in [0.2, 0.25) is 11.8 Å². The lowest BCUT2D eigenvalue weighted by Gasteiger charge is -2.20. The summed E-state index contributed by atoms with van der Waals surface area (Å²) in [5.41, 5.74) is 1.25. The molecule has 1 atom stereocenters. The van der Waals surface area contributed by atoms with E-state index >= 15 is 0 Å². The maximum atomic E-state index is 13.5. The molecule has 206 valence electrons. The molecule has 10 nitrogen and oxygen atoms in total. The number of carbonyl (C=O) groups excluding carboxylic acids is 2. The summed E-state index contributed by atoms with van der Waals surface area (Å²) in [5, 5.41) is 7.36. The smallest absolute Gasteiger partial charge is 0.294 e. The predicted molar refractivity (Wildman–Crippen MR) is 150 cm³/mol. The molecule has 0 aliphatic rings. The van der Waals surface area contributed by atoms with Gasteiger partial charge in [0, 0.05) is 28.8 Å². The second-order valence-corrected chi connectivity index (χ2v) is 10.6. The van der Waals surface area contributed by atoms with E-state index in [9.17, 15) is 27.4 Å². The van der Waals surface area contributed by atoms with E-state index in [1.165, 1.54) is 38.3 Å². The molecule has 4 aromatic rings. The van der Waals surface area contributed by atoms with Crippen molar-refractivity contribution < 1.29 is 27.3 Å². The summed E-state index contributed by atoms with van der Waals surface area (Å²) >= 11 is 6.18. The number of Topliss-reactive ketones (excluding diaryl/α,β-unsaturated/α-hetero) is 1. The third kappa shape index (κ3) is 6.45. The van der Waals surface area contributed by atoms with Crippen LogP contribution in [-0.4, -0.2) is 41.6 Å². The molecule has 0 aliphatic heterocycles. The predicted octanol–water partition coefficient (Wildman–Crippen LogP) is 4.44. The van der Waals surface area contributed by atoms with Gasteiger partial charge in [-0.15, -0.1) is 5.10 Å². The van der Waals surface area contributed by atoms with Crippen molar-refractivity contribution in [3.05, 3.63) is 105 Å². The van der Waals surface area contributed by atoms with E-state index in [1.54, 1.807) is 36.4 Å². The van der Waals surface area contributed by atoms with Gasteiger partial charge in [0.15, 0.2) is 5.78 Å². The minimum atomic E-state index is -4.41. The zero-order chi connectivity index (χ0) is 29.0. The van der Waals surface area contributed by atoms with Crippen LogP contribution in [0.1, 0.15) is 28.9 Å². The first-order chi connectivity index (χ1) is 19.0. The molecule has 0 fully saturated rings. The van der Waals surface area contributed by atoms with Crippen LogP contribution in [0.2, 0.25) is 5.02 Å². The maximum absolute atomic E-state index is 13.5. The third-order valence-electron chi connectivity index (χ3n) is 6.06. The molecular weight excluding hydrogens is 558 g/mol. The number of aromatic nitrogens is 2. The van der Waals surface area contributed by atoms with E-state index in [-0.39, 0.29) is 34.2 Å². The highest BCUT2D eigenvalue weighted by atomic mass is 35.5. The first-order valence-electron chi connectivity index (χ1n) is 11.9. The Bertz CT molecular complexity index is 1740. The number of carbonyl (C=O) groups is 2. The normalized spacial score (nSPS) is 12.0. The van der Waals surface area contributed by atoms with Crippen molar-refractivity contribution in [2.24, 2.45) is 0 Å². The quantitative estimate of drug-likeness (QED) is 0.218. The largest absolute Gasteiger partial charge is 0.480 e. The fraction of sp³-hybridized carbons (Fsp3) is 0.143. The number of anilines is 1. The molecule has 1 unspecified atom stereocenters. The summed E-state index contributed by atoms with van der Waals surface area (Å²) in [5.74, 6) is -0.868. The molecule has 12 heteroatoms. The van der Waals surface area contributed by atoms with E-state index in [4.69, 9.17) is 16.3 Å². The Kier molecular flexibility index (Phi) is 8.48. The molecule has 40 heavy (non-hydrogen) atoms. The molecule has 1 heterocycles. The monoisotopic (exact) mass is 581 g/mol. The molecule has 0 saturated carbocycles. The summed E-state index contributed by atoms with van der Waals surface area (Å²) in [6.45, 7) is 1.39. The van der Waals surface area contributed by atoms with Crippen molar-refractivity contribution in [3.8, 4) is 17.0 Å². The molecule has 0 aliphatic carbocycles. The highest BCUT2D eigenvalue weighted by molar-refractivity contribution is 7.85. The van der Waals surface area contributed by atoms with Gasteiger partial charge in [0.05, 0.1) is 17.6 Å². The molecule has 4 rings (SSSR count). The number of nitrogens with one attached hydrogen (secondary N) is 1. The number of methoxy groups -OCH3 is 1. The molecule has 0 saturated heterocycles. The second-order valence-electron chi connectivity index (χ2n) is 8.79. The summed E-state index contributed by atoms with van der Waals surface area (Å²) < 4.78 is 38.4. The van der Waals surface area contributed by atoms with Gasteiger partial charge < -0.3 is 10.1 Å². The molecule has 1 amide bonds. The van der Waals surface area contributed by atoms with Crippen molar-refractivity contribution in [2.45, 2.75) is 24.3 Å². The fourth-order valence-electron chi connectivity index (χ4n) is 4.13. The number of hydrogen-bond donors (Lipinski definition) is 2. The minimum Gasteiger partial charge on any atom is -0.480 e. The number of ketones is 1. The van der Waals surface area contributed by atoms with Crippen molar-refractivity contribution in [1.82, 2.24) is 9.78 Å². The van der Waals surface area contributed by atoms with E-state index in [0.717, 1.165) is 22.4 Å². The number of benzene rings is 3. The number of rotatable bonds is 9. The van der Waals surface area contributed by atoms with Gasteiger partial charge in [-0.1, -0.05) is 41.9 Å². The highest BCUT2D eigenvalue weighted by Gasteiger charge is 2.26. The lowest BCUT2D eigenvalue weighted by Crippen LogP contribution is -2.36. The first kappa shape index (κ1) is 28.7. The Balaban J connectivity index is 1.79. The summed E-state index contributed by atoms with van der Waals surface area (Å²) in [6.07, 6.45) is 0.0844. The molecule has 1 aromatic heterocycles. The van der Waals surface area contributed by atoms with Gasteiger partial charge >= 0.3 is 0 Å². The van der Waals surface area contributed by atoms with E-state index in [1.807, 2.05) is 6.07 Å². The van der Waals surface area contributed by atoms with E-state index in [0.29, 0.717) is 16.1 Å². The number of halogens is 1. The minimum absolute atomic E-state index is 0.00673. The number of ether oxygens (including phenoxy) is 1. The Morgan fingerprint density at radius 3 is 2.30 bits per heavy atom. The SMILES string of the molecule is COc1nn(C(Cc2ccccc2)C(=O)Nc2ccc(S(=O)(=O)O)cc2)c(=O)cc1-c1cc(Cl)ccc1C(C)=O. The van der Waals surface area contributed by atoms with Crippen LogP contribution in [0.4, 0.5) is 5.69 Å². The van der Waals surface area contributed by atoms with Gasteiger partial charge in [-0.2, -0.15) is 8.42 Å².